The summed E-state index contributed by atoms with van der Waals surface area (Å²) < 4.78 is 3.31. The number of benzene rings is 3. The van der Waals surface area contributed by atoms with Gasteiger partial charge in [0, 0.05) is 20.2 Å². The highest BCUT2D eigenvalue weighted by Gasteiger charge is 2.16. The van der Waals surface area contributed by atoms with Gasteiger partial charge in [0.05, 0.1) is 21.5 Å². The molecule has 0 aliphatic rings. The van der Waals surface area contributed by atoms with E-state index in [1.165, 1.54) is 16.7 Å². The van der Waals surface area contributed by atoms with Crippen molar-refractivity contribution in [3.05, 3.63) is 106 Å². The number of hydrogen-bond acceptors (Lipinski definition) is 4. The van der Waals surface area contributed by atoms with Crippen LogP contribution in [-0.2, 0) is 0 Å². The molecule has 0 bridgehead atoms. The van der Waals surface area contributed by atoms with E-state index in [4.69, 9.17) is 4.98 Å². The summed E-state index contributed by atoms with van der Waals surface area (Å²) >= 11 is 5.56. The van der Waals surface area contributed by atoms with E-state index < -0.39 is 4.92 Å². The molecule has 0 spiro atoms. The molecule has 0 saturated carbocycles. The van der Waals surface area contributed by atoms with Crippen molar-refractivity contribution < 1.29 is 4.92 Å². The molecule has 6 nitrogen and oxygen atoms in total. The second-order valence-electron chi connectivity index (χ2n) is 6.88. The van der Waals surface area contributed by atoms with Crippen LogP contribution in [0.25, 0.3) is 28.7 Å². The van der Waals surface area contributed by atoms with Crippen molar-refractivity contribution in [3.8, 4) is 5.69 Å². The van der Waals surface area contributed by atoms with Crippen LogP contribution in [0.2, 0.25) is 0 Å². The zero-order valence-electron chi connectivity index (χ0n) is 16.3. The molecule has 0 amide bonds. The van der Waals surface area contributed by atoms with Gasteiger partial charge in [0.2, 0.25) is 0 Å². The predicted octanol–water partition coefficient (Wildman–Crippen LogP) is 6.14. The van der Waals surface area contributed by atoms with Crippen LogP contribution in [0.4, 0.5) is 5.69 Å². The van der Waals surface area contributed by atoms with Gasteiger partial charge in [-0.2, -0.15) is 0 Å². The third kappa shape index (κ3) is 4.45. The van der Waals surface area contributed by atoms with Gasteiger partial charge >= 0.3 is 0 Å². The monoisotopic (exact) mass is 587 g/mol. The fourth-order valence-electron chi connectivity index (χ4n) is 3.22. The molecule has 3 aromatic carbocycles. The number of nitro groups is 1. The summed E-state index contributed by atoms with van der Waals surface area (Å²) in [5.41, 5.74) is 2.31. The molecule has 4 aromatic rings. The molecule has 8 heteroatoms. The number of aryl methyl sites for hydroxylation is 1. The van der Waals surface area contributed by atoms with Crippen molar-refractivity contribution >= 4 is 67.3 Å². The fourth-order valence-corrected chi connectivity index (χ4v) is 3.97. The van der Waals surface area contributed by atoms with E-state index in [1.54, 1.807) is 24.3 Å². The first-order valence-electron chi connectivity index (χ1n) is 9.25. The Hall–Kier alpha value is -2.85. The van der Waals surface area contributed by atoms with Crippen LogP contribution >= 0.6 is 38.5 Å². The summed E-state index contributed by atoms with van der Waals surface area (Å²) in [4.78, 5) is 29.1. The number of nitro benzene ring substituents is 1. The zero-order chi connectivity index (χ0) is 22.1. The summed E-state index contributed by atoms with van der Waals surface area (Å²) in [7, 11) is 0. The first-order valence-corrected chi connectivity index (χ1v) is 11.1. The lowest BCUT2D eigenvalue weighted by Gasteiger charge is -2.14. The third-order valence-corrected chi connectivity index (χ3v) is 6.00. The summed E-state index contributed by atoms with van der Waals surface area (Å²) in [5, 5.41) is 11.8. The Morgan fingerprint density at radius 2 is 1.81 bits per heavy atom. The number of nitrogens with zero attached hydrogens (tertiary/aromatic N) is 3. The minimum atomic E-state index is -0.470. The molecule has 0 unspecified atom stereocenters. The van der Waals surface area contributed by atoms with Crippen LogP contribution in [0.5, 0.6) is 0 Å². The molecule has 4 rings (SSSR count). The zero-order valence-corrected chi connectivity index (χ0v) is 20.0. The number of hydrogen-bond donors (Lipinski definition) is 0. The average Bonchev–Trinajstić information content (AvgIpc) is 2.74. The highest BCUT2D eigenvalue weighted by atomic mass is 127. The molecule has 1 heterocycles. The molecule has 0 fully saturated rings. The van der Waals surface area contributed by atoms with E-state index >= 15 is 0 Å². The smallest absolute Gasteiger partial charge is 0.268 e. The Labute approximate surface area is 199 Å². The van der Waals surface area contributed by atoms with E-state index in [1.807, 2.05) is 43.3 Å². The van der Waals surface area contributed by atoms with Gasteiger partial charge in [-0.3, -0.25) is 19.5 Å². The minimum absolute atomic E-state index is 0.0851. The van der Waals surface area contributed by atoms with E-state index in [0.29, 0.717) is 22.4 Å². The second-order valence-corrected chi connectivity index (χ2v) is 9.05. The number of halogens is 2. The maximum Gasteiger partial charge on any atom is 0.271 e. The third-order valence-electron chi connectivity index (χ3n) is 4.80. The van der Waals surface area contributed by atoms with Crippen LogP contribution in [0.3, 0.4) is 0 Å². The van der Waals surface area contributed by atoms with Crippen LogP contribution < -0.4 is 5.56 Å². The molecule has 0 saturated heterocycles. The van der Waals surface area contributed by atoms with Gasteiger partial charge in [-0.05, 0) is 77.0 Å². The highest BCUT2D eigenvalue weighted by molar-refractivity contribution is 14.1. The number of non-ortho nitro benzene ring substituents is 1. The van der Waals surface area contributed by atoms with Gasteiger partial charge in [0.15, 0.2) is 0 Å². The molecular weight excluding hydrogens is 573 g/mol. The molecule has 154 valence electrons. The van der Waals surface area contributed by atoms with Gasteiger partial charge in [-0.25, -0.2) is 4.98 Å². The van der Waals surface area contributed by atoms with E-state index in [9.17, 15) is 14.9 Å². The predicted molar refractivity (Wildman–Crippen MR) is 135 cm³/mol. The summed E-state index contributed by atoms with van der Waals surface area (Å²) in [5.74, 6) is 0.394. The minimum Gasteiger partial charge on any atom is -0.268 e. The molecule has 0 aliphatic carbocycles. The Kier molecular flexibility index (Phi) is 6.01. The van der Waals surface area contributed by atoms with Gasteiger partial charge in [-0.15, -0.1) is 0 Å². The van der Waals surface area contributed by atoms with Crippen molar-refractivity contribution in [2.45, 2.75) is 6.92 Å². The lowest BCUT2D eigenvalue weighted by atomic mass is 10.1. The van der Waals surface area contributed by atoms with Crippen LogP contribution in [0.1, 0.15) is 17.0 Å². The Balaban J connectivity index is 2.00. The number of aromatic nitrogens is 2. The van der Waals surface area contributed by atoms with Crippen molar-refractivity contribution in [2.24, 2.45) is 0 Å². The van der Waals surface area contributed by atoms with E-state index in [-0.39, 0.29) is 11.2 Å². The largest absolute Gasteiger partial charge is 0.271 e. The summed E-state index contributed by atoms with van der Waals surface area (Å²) in [6, 6.07) is 17.7. The van der Waals surface area contributed by atoms with Crippen molar-refractivity contribution in [1.29, 1.82) is 0 Å². The molecule has 0 N–H and O–H groups in total. The normalized spacial score (nSPS) is 11.3. The van der Waals surface area contributed by atoms with Crippen molar-refractivity contribution in [3.63, 3.8) is 0 Å². The molecule has 0 atom stereocenters. The Morgan fingerprint density at radius 1 is 1.06 bits per heavy atom. The summed E-state index contributed by atoms with van der Waals surface area (Å²) in [6.07, 6.45) is 3.61. The summed E-state index contributed by atoms with van der Waals surface area (Å²) in [6.45, 7) is 1.81. The quantitative estimate of drug-likeness (QED) is 0.163. The van der Waals surface area contributed by atoms with Crippen LogP contribution in [-0.4, -0.2) is 14.5 Å². The Bertz CT molecular complexity index is 1410. The number of rotatable bonds is 4. The van der Waals surface area contributed by atoms with Gasteiger partial charge in [0.1, 0.15) is 5.82 Å². The van der Waals surface area contributed by atoms with Gasteiger partial charge < -0.3 is 0 Å². The Morgan fingerprint density at radius 3 is 2.52 bits per heavy atom. The van der Waals surface area contributed by atoms with Crippen LogP contribution in [0.15, 0.2) is 69.9 Å². The lowest BCUT2D eigenvalue weighted by Crippen LogP contribution is -2.23. The maximum atomic E-state index is 13.5. The van der Waals surface area contributed by atoms with Gasteiger partial charge in [0.25, 0.3) is 11.2 Å². The first-order chi connectivity index (χ1) is 14.8. The van der Waals surface area contributed by atoms with Crippen molar-refractivity contribution in [1.82, 2.24) is 9.55 Å². The second kappa shape index (κ2) is 8.72. The number of fused-ring (bicyclic) bond motifs is 1. The molecule has 31 heavy (non-hydrogen) atoms. The molecule has 1 aromatic heterocycles. The topological polar surface area (TPSA) is 78.0 Å². The van der Waals surface area contributed by atoms with E-state index in [2.05, 4.69) is 38.5 Å². The fraction of sp³-hybridized carbons (Fsp3) is 0.0435. The lowest BCUT2D eigenvalue weighted by molar-refractivity contribution is -0.384. The van der Waals surface area contributed by atoms with Crippen LogP contribution in [0, 0.1) is 20.6 Å². The average molecular weight is 588 g/mol. The highest BCUT2D eigenvalue weighted by Crippen LogP contribution is 2.23. The molecule has 0 aliphatic heterocycles. The standard InChI is InChI=1S/C23H15BrIN3O3/c1-14-2-9-18(28(30)31)13-21(14)27-22(11-5-15-3-6-16(24)7-4-15)26-20-10-8-17(25)12-19(20)23(27)29/h2-13H,1H3/b11-5+. The van der Waals surface area contributed by atoms with Gasteiger partial charge in [-0.1, -0.05) is 40.2 Å². The first kappa shape index (κ1) is 21.4. The van der Waals surface area contributed by atoms with Crippen molar-refractivity contribution in [2.75, 3.05) is 0 Å². The SMILES string of the molecule is Cc1ccc([N+](=O)[O-])cc1-n1c(/C=C/c2ccc(Br)cc2)nc2ccc(I)cc2c1=O. The molecular formula is C23H15BrIN3O3. The van der Waals surface area contributed by atoms with E-state index in [0.717, 1.165) is 19.2 Å². The molecule has 0 radical (unpaired) electrons. The maximum absolute atomic E-state index is 13.5.